The molecule has 0 aromatic rings. The standard InChI is InChI=1S/C7H18N.C6H15N.C5H11NO2.C5H10O2/c1-7(2)6-8(3,4)5;1-6(2)5-7(3)4;1-3(2)4(6)5(7)8;1-4(2)3-5(6)7/h7H,6H2,1-5H3;6H,5H2,1-4H3;3-4H,6H2,1-2H3,(H,7,8);4H,3H2,1-2H3,(H,6,7)/q+1;;;. The predicted molar refractivity (Wildman–Crippen MR) is 129 cm³/mol. The van der Waals surface area contributed by atoms with Crippen LogP contribution in [0.25, 0.3) is 0 Å². The third-order valence-corrected chi connectivity index (χ3v) is 3.23. The van der Waals surface area contributed by atoms with E-state index in [9.17, 15) is 9.59 Å². The van der Waals surface area contributed by atoms with Gasteiger partial charge in [0.2, 0.25) is 0 Å². The number of nitrogens with zero attached hydrogens (tertiary/aromatic N) is 2. The number of aliphatic carboxylic acids is 2. The summed E-state index contributed by atoms with van der Waals surface area (Å²) >= 11 is 0. The first-order valence-electron chi connectivity index (χ1n) is 10.9. The fourth-order valence-corrected chi connectivity index (χ4v) is 2.46. The van der Waals surface area contributed by atoms with Crippen LogP contribution in [0.2, 0.25) is 0 Å². The molecule has 1 unspecified atom stereocenters. The van der Waals surface area contributed by atoms with E-state index in [-0.39, 0.29) is 18.3 Å². The van der Waals surface area contributed by atoms with Crippen molar-refractivity contribution in [3.63, 3.8) is 0 Å². The molecule has 0 rings (SSSR count). The van der Waals surface area contributed by atoms with Crippen molar-refractivity contribution < 1.29 is 24.3 Å². The summed E-state index contributed by atoms with van der Waals surface area (Å²) < 4.78 is 1.08. The first-order valence-corrected chi connectivity index (χ1v) is 10.9. The van der Waals surface area contributed by atoms with Crippen LogP contribution in [-0.2, 0) is 9.59 Å². The zero-order chi connectivity index (χ0) is 25.2. The molecule has 0 aliphatic carbocycles. The summed E-state index contributed by atoms with van der Waals surface area (Å²) in [4.78, 5) is 22.0. The van der Waals surface area contributed by atoms with Gasteiger partial charge in [-0.25, -0.2) is 0 Å². The summed E-state index contributed by atoms with van der Waals surface area (Å²) in [5.41, 5.74) is 5.16. The summed E-state index contributed by atoms with van der Waals surface area (Å²) in [6.07, 6.45) is 0.278. The smallest absolute Gasteiger partial charge is 0.320 e. The van der Waals surface area contributed by atoms with E-state index in [1.165, 1.54) is 13.1 Å². The van der Waals surface area contributed by atoms with Gasteiger partial charge < -0.3 is 25.3 Å². The van der Waals surface area contributed by atoms with Gasteiger partial charge >= 0.3 is 11.9 Å². The third-order valence-electron chi connectivity index (χ3n) is 3.23. The minimum Gasteiger partial charge on any atom is -0.481 e. The maximum atomic E-state index is 10.0. The Bertz CT molecular complexity index is 409. The van der Waals surface area contributed by atoms with Crippen molar-refractivity contribution in [2.75, 3.05) is 48.3 Å². The molecule has 7 nitrogen and oxygen atoms in total. The average molecular weight is 437 g/mol. The third kappa shape index (κ3) is 45.5. The fourth-order valence-electron chi connectivity index (χ4n) is 2.46. The molecule has 0 saturated heterocycles. The van der Waals surface area contributed by atoms with Crippen LogP contribution < -0.4 is 5.73 Å². The minimum absolute atomic E-state index is 0.0208. The molecule has 184 valence electrons. The molecule has 0 fully saturated rings. The van der Waals surface area contributed by atoms with Gasteiger partial charge in [0, 0.05) is 12.3 Å². The average Bonchev–Trinajstić information content (AvgIpc) is 2.42. The quantitative estimate of drug-likeness (QED) is 0.501. The monoisotopic (exact) mass is 436 g/mol. The lowest BCUT2D eigenvalue weighted by atomic mass is 10.1. The molecule has 1 atom stereocenters. The SMILES string of the molecule is CC(C)C(N)C(=O)O.CC(C)CC(=O)O.CC(C)CN(C)C.CC(C)C[N+](C)(C)C. The molecule has 0 aliphatic rings. The Labute approximate surface area is 187 Å². The lowest BCUT2D eigenvalue weighted by Gasteiger charge is -2.25. The molecule has 0 aromatic carbocycles. The number of carboxylic acid groups (broad SMARTS) is 2. The fraction of sp³-hybridized carbons (Fsp3) is 0.913. The van der Waals surface area contributed by atoms with E-state index in [0.29, 0.717) is 0 Å². The van der Waals surface area contributed by atoms with Gasteiger partial charge in [-0.2, -0.15) is 0 Å². The van der Waals surface area contributed by atoms with Crippen molar-refractivity contribution in [3.8, 4) is 0 Å². The molecule has 0 spiro atoms. The van der Waals surface area contributed by atoms with Gasteiger partial charge in [0.25, 0.3) is 0 Å². The van der Waals surface area contributed by atoms with Gasteiger partial charge in [0.1, 0.15) is 6.04 Å². The van der Waals surface area contributed by atoms with Gasteiger partial charge in [-0.3, -0.25) is 9.59 Å². The lowest BCUT2D eigenvalue weighted by Crippen LogP contribution is -2.37. The van der Waals surface area contributed by atoms with Crippen LogP contribution in [-0.4, -0.2) is 85.9 Å². The van der Waals surface area contributed by atoms with Crippen LogP contribution in [0, 0.1) is 23.7 Å². The molecular weight excluding hydrogens is 382 g/mol. The van der Waals surface area contributed by atoms with E-state index in [4.69, 9.17) is 15.9 Å². The van der Waals surface area contributed by atoms with Crippen LogP contribution in [0.3, 0.4) is 0 Å². The molecule has 0 amide bonds. The largest absolute Gasteiger partial charge is 0.481 e. The Morgan fingerprint density at radius 2 is 1.23 bits per heavy atom. The molecule has 30 heavy (non-hydrogen) atoms. The Balaban J connectivity index is -0.000000151. The molecular formula is C23H54N3O4+. The van der Waals surface area contributed by atoms with Gasteiger partial charge in [-0.1, -0.05) is 55.4 Å². The number of carbonyl (C=O) groups is 2. The molecule has 0 bridgehead atoms. The highest BCUT2D eigenvalue weighted by molar-refractivity contribution is 5.73. The molecule has 7 heteroatoms. The summed E-state index contributed by atoms with van der Waals surface area (Å²) in [7, 11) is 10.9. The number of hydrogen-bond acceptors (Lipinski definition) is 4. The normalized spacial score (nSPS) is 12.0. The van der Waals surface area contributed by atoms with Gasteiger partial charge in [-0.05, 0) is 38.4 Å². The van der Waals surface area contributed by atoms with Crippen molar-refractivity contribution in [3.05, 3.63) is 0 Å². The maximum Gasteiger partial charge on any atom is 0.320 e. The van der Waals surface area contributed by atoms with E-state index in [1.54, 1.807) is 13.8 Å². The number of hydrogen-bond donors (Lipinski definition) is 3. The summed E-state index contributed by atoms with van der Waals surface area (Å²) in [6.45, 7) is 18.7. The Hall–Kier alpha value is -1.18. The van der Waals surface area contributed by atoms with Crippen molar-refractivity contribution in [2.45, 2.75) is 67.9 Å². The van der Waals surface area contributed by atoms with Crippen molar-refractivity contribution >= 4 is 11.9 Å². The highest BCUT2D eigenvalue weighted by Crippen LogP contribution is 1.99. The topological polar surface area (TPSA) is 104 Å². The Morgan fingerprint density at radius 3 is 1.23 bits per heavy atom. The summed E-state index contributed by atoms with van der Waals surface area (Å²) in [5.74, 6) is 0.269. The zero-order valence-electron chi connectivity index (χ0n) is 22.2. The second kappa shape index (κ2) is 19.8. The lowest BCUT2D eigenvalue weighted by molar-refractivity contribution is -0.873. The number of nitrogens with two attached hydrogens (primary N) is 1. The maximum absolute atomic E-state index is 10.0. The Kier molecular flexibility index (Phi) is 23.9. The predicted octanol–water partition coefficient (Wildman–Crippen LogP) is 3.72. The molecule has 0 heterocycles. The van der Waals surface area contributed by atoms with Crippen LogP contribution >= 0.6 is 0 Å². The van der Waals surface area contributed by atoms with Gasteiger partial charge in [0.05, 0.1) is 27.7 Å². The van der Waals surface area contributed by atoms with Crippen molar-refractivity contribution in [1.82, 2.24) is 4.90 Å². The summed E-state index contributed by atoms with van der Waals surface area (Å²) in [5, 5.41) is 16.3. The second-order valence-electron chi connectivity index (χ2n) is 10.6. The van der Waals surface area contributed by atoms with Crippen molar-refractivity contribution in [1.29, 1.82) is 0 Å². The number of carboxylic acids is 2. The highest BCUT2D eigenvalue weighted by Gasteiger charge is 2.14. The minimum atomic E-state index is -0.931. The molecule has 0 aromatic heterocycles. The van der Waals surface area contributed by atoms with E-state index in [0.717, 1.165) is 16.3 Å². The van der Waals surface area contributed by atoms with E-state index >= 15 is 0 Å². The van der Waals surface area contributed by atoms with Gasteiger partial charge in [-0.15, -0.1) is 0 Å². The van der Waals surface area contributed by atoms with Crippen LogP contribution in [0.4, 0.5) is 0 Å². The Morgan fingerprint density at radius 1 is 0.833 bits per heavy atom. The van der Waals surface area contributed by atoms with Crippen LogP contribution in [0.1, 0.15) is 61.8 Å². The van der Waals surface area contributed by atoms with Crippen LogP contribution in [0.15, 0.2) is 0 Å². The molecule has 0 radical (unpaired) electrons. The molecule has 4 N–H and O–H groups in total. The van der Waals surface area contributed by atoms with Crippen LogP contribution in [0.5, 0.6) is 0 Å². The zero-order valence-corrected chi connectivity index (χ0v) is 22.2. The second-order valence-corrected chi connectivity index (χ2v) is 10.6. The van der Waals surface area contributed by atoms with Gasteiger partial charge in [0.15, 0.2) is 0 Å². The van der Waals surface area contributed by atoms with E-state index in [1.807, 2.05) is 13.8 Å². The van der Waals surface area contributed by atoms with E-state index in [2.05, 4.69) is 67.8 Å². The molecule has 0 saturated carbocycles. The first kappa shape index (κ1) is 36.2. The van der Waals surface area contributed by atoms with Crippen molar-refractivity contribution in [2.24, 2.45) is 29.4 Å². The van der Waals surface area contributed by atoms with E-state index < -0.39 is 18.0 Å². The number of quaternary nitrogens is 1. The molecule has 0 aliphatic heterocycles. The summed E-state index contributed by atoms with van der Waals surface area (Å²) in [6, 6.07) is -0.713. The number of rotatable bonds is 8. The highest BCUT2D eigenvalue weighted by atomic mass is 16.4. The first-order chi connectivity index (χ1) is 13.2.